The number of benzene rings is 2. The van der Waals surface area contributed by atoms with Crippen molar-refractivity contribution in [2.45, 2.75) is 5.16 Å². The molecule has 0 spiro atoms. The summed E-state index contributed by atoms with van der Waals surface area (Å²) in [6.45, 7) is 0. The lowest BCUT2D eigenvalue weighted by atomic mass is 10.0. The van der Waals surface area contributed by atoms with Crippen LogP contribution in [-0.4, -0.2) is 22.5 Å². The Kier molecular flexibility index (Phi) is 3.90. The standard InChI is InChI=1S/C16H11ClN2OS/c1-21-16-18-14(10-5-3-2-4-6-10)13-12(17)8-7-11(9-20)15(13)19-16/h2-9H,1H3. The molecule has 0 radical (unpaired) electrons. The Hall–Kier alpha value is -1.91. The van der Waals surface area contributed by atoms with E-state index in [1.54, 1.807) is 12.1 Å². The molecule has 2 aromatic carbocycles. The molecule has 3 nitrogen and oxygen atoms in total. The molecule has 0 atom stereocenters. The second-order valence-corrected chi connectivity index (χ2v) is 5.58. The molecule has 0 aliphatic rings. The number of aldehydes is 1. The smallest absolute Gasteiger partial charge is 0.188 e. The van der Waals surface area contributed by atoms with E-state index < -0.39 is 0 Å². The first-order chi connectivity index (χ1) is 10.2. The lowest BCUT2D eigenvalue weighted by Gasteiger charge is -2.10. The third-order valence-corrected chi connectivity index (χ3v) is 4.03. The molecular formula is C16H11ClN2OS. The maximum Gasteiger partial charge on any atom is 0.188 e. The van der Waals surface area contributed by atoms with Gasteiger partial charge in [-0.1, -0.05) is 53.7 Å². The second kappa shape index (κ2) is 5.84. The minimum Gasteiger partial charge on any atom is -0.298 e. The first-order valence-electron chi connectivity index (χ1n) is 6.29. The number of fused-ring (bicyclic) bond motifs is 1. The summed E-state index contributed by atoms with van der Waals surface area (Å²) in [6.07, 6.45) is 2.70. The predicted octanol–water partition coefficient (Wildman–Crippen LogP) is 4.48. The van der Waals surface area contributed by atoms with Crippen LogP contribution in [0, 0.1) is 0 Å². The summed E-state index contributed by atoms with van der Waals surface area (Å²) >= 11 is 7.77. The SMILES string of the molecule is CSc1nc(-c2ccccc2)c2c(Cl)ccc(C=O)c2n1. The molecule has 5 heteroatoms. The molecule has 1 aromatic heterocycles. The zero-order valence-electron chi connectivity index (χ0n) is 11.2. The van der Waals surface area contributed by atoms with Gasteiger partial charge in [0.15, 0.2) is 11.4 Å². The van der Waals surface area contributed by atoms with E-state index in [2.05, 4.69) is 9.97 Å². The Bertz CT molecular complexity index is 821. The van der Waals surface area contributed by atoms with Gasteiger partial charge in [-0.2, -0.15) is 0 Å². The van der Waals surface area contributed by atoms with Gasteiger partial charge < -0.3 is 0 Å². The first kappa shape index (κ1) is 14.0. The van der Waals surface area contributed by atoms with E-state index in [-0.39, 0.29) is 0 Å². The molecule has 0 amide bonds. The van der Waals surface area contributed by atoms with Gasteiger partial charge in [0.1, 0.15) is 0 Å². The van der Waals surface area contributed by atoms with Crippen molar-refractivity contribution < 1.29 is 4.79 Å². The van der Waals surface area contributed by atoms with E-state index in [0.717, 1.165) is 17.5 Å². The number of carbonyl (C=O) groups excluding carboxylic acids is 1. The molecule has 0 saturated heterocycles. The summed E-state index contributed by atoms with van der Waals surface area (Å²) < 4.78 is 0. The number of nitrogens with zero attached hydrogens (tertiary/aromatic N) is 2. The van der Waals surface area contributed by atoms with Crippen molar-refractivity contribution in [2.75, 3.05) is 6.26 Å². The number of hydrogen-bond acceptors (Lipinski definition) is 4. The monoisotopic (exact) mass is 314 g/mol. The van der Waals surface area contributed by atoms with Gasteiger partial charge in [-0.25, -0.2) is 9.97 Å². The Morgan fingerprint density at radius 3 is 2.52 bits per heavy atom. The molecule has 0 unspecified atom stereocenters. The largest absolute Gasteiger partial charge is 0.298 e. The number of thioether (sulfide) groups is 1. The molecule has 3 aromatic rings. The lowest BCUT2D eigenvalue weighted by Crippen LogP contribution is -1.97. The topological polar surface area (TPSA) is 42.9 Å². The highest BCUT2D eigenvalue weighted by atomic mass is 35.5. The number of aromatic nitrogens is 2. The van der Waals surface area contributed by atoms with E-state index in [1.165, 1.54) is 11.8 Å². The summed E-state index contributed by atoms with van der Waals surface area (Å²) in [7, 11) is 0. The van der Waals surface area contributed by atoms with E-state index in [0.29, 0.717) is 26.6 Å². The van der Waals surface area contributed by atoms with Crippen LogP contribution < -0.4 is 0 Å². The van der Waals surface area contributed by atoms with E-state index in [1.807, 2.05) is 36.6 Å². The minimum atomic E-state index is 0.518. The third-order valence-electron chi connectivity index (χ3n) is 3.17. The Balaban J connectivity index is 2.45. The minimum absolute atomic E-state index is 0.518. The number of rotatable bonds is 3. The maximum atomic E-state index is 11.3. The molecule has 104 valence electrons. The molecule has 0 aliphatic heterocycles. The number of hydrogen-bond donors (Lipinski definition) is 0. The van der Waals surface area contributed by atoms with Crippen LogP contribution in [0.2, 0.25) is 5.02 Å². The van der Waals surface area contributed by atoms with E-state index in [4.69, 9.17) is 11.6 Å². The van der Waals surface area contributed by atoms with Gasteiger partial charge in [0.25, 0.3) is 0 Å². The second-order valence-electron chi connectivity index (χ2n) is 4.40. The van der Waals surface area contributed by atoms with Crippen molar-refractivity contribution in [3.8, 4) is 11.3 Å². The first-order valence-corrected chi connectivity index (χ1v) is 7.89. The van der Waals surface area contributed by atoms with E-state index >= 15 is 0 Å². The van der Waals surface area contributed by atoms with Crippen LogP contribution in [0.1, 0.15) is 10.4 Å². The molecule has 0 fully saturated rings. The fourth-order valence-corrected chi connectivity index (χ4v) is 2.80. The van der Waals surface area contributed by atoms with Crippen molar-refractivity contribution in [1.29, 1.82) is 0 Å². The van der Waals surface area contributed by atoms with Gasteiger partial charge in [0.05, 0.1) is 16.2 Å². The van der Waals surface area contributed by atoms with Crippen LogP contribution in [0.3, 0.4) is 0 Å². The van der Waals surface area contributed by atoms with E-state index in [9.17, 15) is 4.79 Å². The van der Waals surface area contributed by atoms with Gasteiger partial charge in [0, 0.05) is 16.5 Å². The fourth-order valence-electron chi connectivity index (χ4n) is 2.19. The van der Waals surface area contributed by atoms with Crippen LogP contribution in [0.15, 0.2) is 47.6 Å². The fraction of sp³-hybridized carbons (Fsp3) is 0.0625. The molecule has 3 rings (SSSR count). The highest BCUT2D eigenvalue weighted by Gasteiger charge is 2.15. The molecule has 21 heavy (non-hydrogen) atoms. The Morgan fingerprint density at radius 1 is 1.10 bits per heavy atom. The maximum absolute atomic E-state index is 11.3. The van der Waals surface area contributed by atoms with Gasteiger partial charge in [0.2, 0.25) is 0 Å². The highest BCUT2D eigenvalue weighted by molar-refractivity contribution is 7.98. The third kappa shape index (κ3) is 2.52. The molecular weight excluding hydrogens is 304 g/mol. The average Bonchev–Trinajstić information content (AvgIpc) is 2.55. The van der Waals surface area contributed by atoms with Crippen molar-refractivity contribution in [2.24, 2.45) is 0 Å². The van der Waals surface area contributed by atoms with Crippen molar-refractivity contribution >= 4 is 40.6 Å². The Labute approximate surface area is 131 Å². The van der Waals surface area contributed by atoms with Crippen molar-refractivity contribution in [1.82, 2.24) is 9.97 Å². The van der Waals surface area contributed by atoms with Gasteiger partial charge in [-0.3, -0.25) is 4.79 Å². The van der Waals surface area contributed by atoms with Crippen molar-refractivity contribution in [3.63, 3.8) is 0 Å². The zero-order valence-corrected chi connectivity index (χ0v) is 12.8. The summed E-state index contributed by atoms with van der Waals surface area (Å²) in [4.78, 5) is 20.3. The van der Waals surface area contributed by atoms with Crippen LogP contribution in [0.5, 0.6) is 0 Å². The van der Waals surface area contributed by atoms with Crippen LogP contribution >= 0.6 is 23.4 Å². The molecule has 0 saturated carbocycles. The van der Waals surface area contributed by atoms with Gasteiger partial charge >= 0.3 is 0 Å². The summed E-state index contributed by atoms with van der Waals surface area (Å²) in [5, 5.41) is 1.87. The predicted molar refractivity (Wildman–Crippen MR) is 87.2 cm³/mol. The summed E-state index contributed by atoms with van der Waals surface area (Å²) in [5.74, 6) is 0. The van der Waals surface area contributed by atoms with Gasteiger partial charge in [-0.05, 0) is 18.4 Å². The molecule has 1 heterocycles. The van der Waals surface area contributed by atoms with Crippen LogP contribution in [0.4, 0.5) is 0 Å². The number of carbonyl (C=O) groups is 1. The Morgan fingerprint density at radius 2 is 1.86 bits per heavy atom. The normalized spacial score (nSPS) is 10.8. The quantitative estimate of drug-likeness (QED) is 0.406. The van der Waals surface area contributed by atoms with Crippen molar-refractivity contribution in [3.05, 3.63) is 53.1 Å². The lowest BCUT2D eigenvalue weighted by molar-refractivity contribution is 0.112. The van der Waals surface area contributed by atoms with Gasteiger partial charge in [-0.15, -0.1) is 0 Å². The highest BCUT2D eigenvalue weighted by Crippen LogP contribution is 2.34. The molecule has 0 aliphatic carbocycles. The van der Waals surface area contributed by atoms with Crippen LogP contribution in [0.25, 0.3) is 22.2 Å². The number of halogens is 1. The molecule has 0 N–H and O–H groups in total. The average molecular weight is 315 g/mol. The summed E-state index contributed by atoms with van der Waals surface area (Å²) in [5.41, 5.74) is 2.81. The van der Waals surface area contributed by atoms with Crippen LogP contribution in [-0.2, 0) is 0 Å². The summed E-state index contributed by atoms with van der Waals surface area (Å²) in [6, 6.07) is 13.2. The molecule has 0 bridgehead atoms. The zero-order chi connectivity index (χ0) is 14.8.